The number of anilines is 1. The molecule has 2 N–H and O–H groups in total. The normalized spacial score (nSPS) is 10.2. The van der Waals surface area contributed by atoms with E-state index in [1.165, 1.54) is 17.2 Å². The molecule has 17 heavy (non-hydrogen) atoms. The van der Waals surface area contributed by atoms with Crippen molar-refractivity contribution in [1.29, 1.82) is 0 Å². The summed E-state index contributed by atoms with van der Waals surface area (Å²) in [4.78, 5) is 18.1. The van der Waals surface area contributed by atoms with E-state index in [2.05, 4.69) is 34.3 Å². The summed E-state index contributed by atoms with van der Waals surface area (Å²) in [5.41, 5.74) is 2.29. The number of hydrogen-bond acceptors (Lipinski definition) is 3. The maximum Gasteiger partial charge on any atom is 0.252 e. The summed E-state index contributed by atoms with van der Waals surface area (Å²) in [6, 6.07) is 9.59. The lowest BCUT2D eigenvalue weighted by atomic mass is 10.1. The topological polar surface area (TPSA) is 57.8 Å². The molecule has 0 aliphatic heterocycles. The van der Waals surface area contributed by atoms with Crippen molar-refractivity contribution in [2.45, 2.75) is 20.4 Å². The molecule has 0 unspecified atom stereocenters. The largest absolute Gasteiger partial charge is 0.366 e. The SMILES string of the molecule is Cc1nc(NCc2ccccc2C)cc(=O)[nH]1. The average Bonchev–Trinajstić information content (AvgIpc) is 2.27. The summed E-state index contributed by atoms with van der Waals surface area (Å²) in [5, 5.41) is 3.15. The first-order valence-electron chi connectivity index (χ1n) is 5.51. The molecule has 0 radical (unpaired) electrons. The molecule has 1 aromatic heterocycles. The van der Waals surface area contributed by atoms with Gasteiger partial charge in [-0.3, -0.25) is 4.79 Å². The molecular weight excluding hydrogens is 214 g/mol. The highest BCUT2D eigenvalue weighted by molar-refractivity contribution is 5.36. The van der Waals surface area contributed by atoms with Crippen molar-refractivity contribution in [2.24, 2.45) is 0 Å². The van der Waals surface area contributed by atoms with Crippen LogP contribution in [0.4, 0.5) is 5.82 Å². The fourth-order valence-electron chi connectivity index (χ4n) is 1.66. The van der Waals surface area contributed by atoms with E-state index in [0.717, 1.165) is 0 Å². The third-order valence-corrected chi connectivity index (χ3v) is 2.58. The van der Waals surface area contributed by atoms with E-state index >= 15 is 0 Å². The average molecular weight is 229 g/mol. The van der Waals surface area contributed by atoms with Crippen molar-refractivity contribution < 1.29 is 0 Å². The highest BCUT2D eigenvalue weighted by Gasteiger charge is 1.99. The molecule has 0 aliphatic carbocycles. The minimum atomic E-state index is -0.134. The van der Waals surface area contributed by atoms with Gasteiger partial charge in [0.05, 0.1) is 0 Å². The quantitative estimate of drug-likeness (QED) is 0.846. The van der Waals surface area contributed by atoms with Gasteiger partial charge in [-0.05, 0) is 25.0 Å². The molecular formula is C13H15N3O. The fraction of sp³-hybridized carbons (Fsp3) is 0.231. The molecule has 0 saturated heterocycles. The summed E-state index contributed by atoms with van der Waals surface area (Å²) in [5.74, 6) is 1.22. The first kappa shape index (κ1) is 11.4. The van der Waals surface area contributed by atoms with Gasteiger partial charge in [-0.1, -0.05) is 24.3 Å². The van der Waals surface area contributed by atoms with Crippen LogP contribution in [0.5, 0.6) is 0 Å². The van der Waals surface area contributed by atoms with Crippen molar-refractivity contribution in [3.05, 3.63) is 57.6 Å². The summed E-state index contributed by atoms with van der Waals surface area (Å²) in [7, 11) is 0. The van der Waals surface area contributed by atoms with Crippen molar-refractivity contribution >= 4 is 5.82 Å². The zero-order valence-electron chi connectivity index (χ0n) is 9.95. The summed E-state index contributed by atoms with van der Waals surface area (Å²) in [6.45, 7) is 4.50. The van der Waals surface area contributed by atoms with Crippen LogP contribution in [-0.4, -0.2) is 9.97 Å². The van der Waals surface area contributed by atoms with E-state index in [-0.39, 0.29) is 5.56 Å². The van der Waals surface area contributed by atoms with E-state index in [1.54, 1.807) is 6.92 Å². The Balaban J connectivity index is 2.13. The van der Waals surface area contributed by atoms with Crippen LogP contribution in [0.2, 0.25) is 0 Å². The second-order valence-electron chi connectivity index (χ2n) is 4.00. The molecule has 4 heteroatoms. The van der Waals surface area contributed by atoms with Crippen molar-refractivity contribution in [3.8, 4) is 0 Å². The molecule has 0 amide bonds. The number of aromatic nitrogens is 2. The minimum absolute atomic E-state index is 0.134. The molecule has 0 saturated carbocycles. The van der Waals surface area contributed by atoms with Gasteiger partial charge in [0.25, 0.3) is 5.56 Å². The second kappa shape index (κ2) is 4.82. The van der Waals surface area contributed by atoms with Gasteiger partial charge in [0.1, 0.15) is 11.6 Å². The van der Waals surface area contributed by atoms with Crippen molar-refractivity contribution in [2.75, 3.05) is 5.32 Å². The maximum absolute atomic E-state index is 11.3. The monoisotopic (exact) mass is 229 g/mol. The van der Waals surface area contributed by atoms with Crippen LogP contribution in [-0.2, 0) is 6.54 Å². The van der Waals surface area contributed by atoms with Gasteiger partial charge in [0.2, 0.25) is 0 Å². The number of hydrogen-bond donors (Lipinski definition) is 2. The predicted molar refractivity (Wildman–Crippen MR) is 68.1 cm³/mol. The van der Waals surface area contributed by atoms with Crippen LogP contribution in [0.15, 0.2) is 35.1 Å². The Morgan fingerprint density at radius 1 is 1.29 bits per heavy atom. The second-order valence-corrected chi connectivity index (χ2v) is 4.00. The molecule has 1 aromatic carbocycles. The number of H-pyrrole nitrogens is 1. The van der Waals surface area contributed by atoms with E-state index in [4.69, 9.17) is 0 Å². The maximum atomic E-state index is 11.3. The molecule has 0 atom stereocenters. The lowest BCUT2D eigenvalue weighted by Gasteiger charge is -2.08. The van der Waals surface area contributed by atoms with Gasteiger partial charge in [-0.15, -0.1) is 0 Å². The Morgan fingerprint density at radius 3 is 2.76 bits per heavy atom. The third kappa shape index (κ3) is 2.93. The first-order valence-corrected chi connectivity index (χ1v) is 5.51. The van der Waals surface area contributed by atoms with Gasteiger partial charge in [-0.25, -0.2) is 4.98 Å². The van der Waals surface area contributed by atoms with Gasteiger partial charge in [-0.2, -0.15) is 0 Å². The summed E-state index contributed by atoms with van der Waals surface area (Å²) < 4.78 is 0. The molecule has 2 aromatic rings. The number of rotatable bonds is 3. The van der Waals surface area contributed by atoms with Gasteiger partial charge >= 0.3 is 0 Å². The Labute approximate surface area is 99.7 Å². The van der Waals surface area contributed by atoms with Crippen molar-refractivity contribution in [3.63, 3.8) is 0 Å². The molecule has 2 rings (SSSR count). The van der Waals surface area contributed by atoms with Crippen LogP contribution in [0.3, 0.4) is 0 Å². The smallest absolute Gasteiger partial charge is 0.252 e. The number of benzene rings is 1. The molecule has 1 heterocycles. The number of nitrogens with zero attached hydrogens (tertiary/aromatic N) is 1. The summed E-state index contributed by atoms with van der Waals surface area (Å²) in [6.07, 6.45) is 0. The third-order valence-electron chi connectivity index (χ3n) is 2.58. The Hall–Kier alpha value is -2.10. The van der Waals surface area contributed by atoms with Crippen LogP contribution < -0.4 is 10.9 Å². The lowest BCUT2D eigenvalue weighted by molar-refractivity contribution is 0.994. The molecule has 0 aliphatic rings. The highest BCUT2D eigenvalue weighted by Crippen LogP contribution is 2.09. The number of nitrogens with one attached hydrogen (secondary N) is 2. The first-order chi connectivity index (χ1) is 8.15. The van der Waals surface area contributed by atoms with Crippen LogP contribution >= 0.6 is 0 Å². The van der Waals surface area contributed by atoms with Gasteiger partial charge in [0, 0.05) is 12.6 Å². The number of aryl methyl sites for hydroxylation is 2. The van der Waals surface area contributed by atoms with Crippen LogP contribution in [0, 0.1) is 13.8 Å². The van der Waals surface area contributed by atoms with Crippen molar-refractivity contribution in [1.82, 2.24) is 9.97 Å². The van der Waals surface area contributed by atoms with E-state index in [0.29, 0.717) is 18.2 Å². The zero-order chi connectivity index (χ0) is 12.3. The molecule has 0 spiro atoms. The Kier molecular flexibility index (Phi) is 3.23. The molecule has 0 bridgehead atoms. The lowest BCUT2D eigenvalue weighted by Crippen LogP contribution is -2.12. The van der Waals surface area contributed by atoms with E-state index in [1.807, 2.05) is 12.1 Å². The molecule has 88 valence electrons. The Morgan fingerprint density at radius 2 is 2.06 bits per heavy atom. The minimum Gasteiger partial charge on any atom is -0.366 e. The van der Waals surface area contributed by atoms with Crippen LogP contribution in [0.25, 0.3) is 0 Å². The zero-order valence-corrected chi connectivity index (χ0v) is 9.95. The van der Waals surface area contributed by atoms with Crippen LogP contribution in [0.1, 0.15) is 17.0 Å². The number of aromatic amines is 1. The Bertz CT molecular complexity index is 575. The van der Waals surface area contributed by atoms with E-state index < -0.39 is 0 Å². The standard InChI is InChI=1S/C13H15N3O/c1-9-5-3-4-6-11(9)8-14-12-7-13(17)16-10(2)15-12/h3-7H,8H2,1-2H3,(H2,14,15,16,17). The fourth-order valence-corrected chi connectivity index (χ4v) is 1.66. The van der Waals surface area contributed by atoms with Gasteiger partial charge in [0.15, 0.2) is 0 Å². The van der Waals surface area contributed by atoms with E-state index in [9.17, 15) is 4.79 Å². The molecule has 0 fully saturated rings. The molecule has 4 nitrogen and oxygen atoms in total. The predicted octanol–water partition coefficient (Wildman–Crippen LogP) is 2.00. The summed E-state index contributed by atoms with van der Waals surface area (Å²) >= 11 is 0. The highest BCUT2D eigenvalue weighted by atomic mass is 16.1. The van der Waals surface area contributed by atoms with Gasteiger partial charge < -0.3 is 10.3 Å².